The molecular formula is C8H7F6IO2. The molecule has 1 aliphatic heterocycles. The van der Waals surface area contributed by atoms with Gasteiger partial charge in [-0.05, 0) is 6.92 Å². The molecule has 0 aromatic heterocycles. The minimum atomic E-state index is -5.68. The van der Waals surface area contributed by atoms with Crippen molar-refractivity contribution >= 4 is 28.6 Å². The van der Waals surface area contributed by atoms with Gasteiger partial charge in [0.2, 0.25) is 0 Å². The number of carbonyl (C=O) groups is 1. The fourth-order valence-electron chi connectivity index (χ4n) is 1.52. The standard InChI is InChI=1S/C8H7F6IO2/c1-5(3-15)2-6(7(9,10)11,8(12,13)14)17-4(5)16/h2-3H2,1H3. The van der Waals surface area contributed by atoms with E-state index in [-0.39, 0.29) is 4.43 Å². The van der Waals surface area contributed by atoms with Crippen molar-refractivity contribution in [3.05, 3.63) is 0 Å². The SMILES string of the molecule is CC1(CI)CC(C(F)(F)F)(C(F)(F)F)OC1=O. The van der Waals surface area contributed by atoms with E-state index in [1.165, 1.54) is 0 Å². The van der Waals surface area contributed by atoms with Crippen LogP contribution in [0.2, 0.25) is 0 Å². The topological polar surface area (TPSA) is 26.3 Å². The van der Waals surface area contributed by atoms with Gasteiger partial charge in [0, 0.05) is 10.8 Å². The average molecular weight is 376 g/mol. The Morgan fingerprint density at radius 2 is 1.65 bits per heavy atom. The fourth-order valence-corrected chi connectivity index (χ4v) is 2.10. The van der Waals surface area contributed by atoms with Gasteiger partial charge in [-0.3, -0.25) is 4.79 Å². The number of hydrogen-bond donors (Lipinski definition) is 0. The van der Waals surface area contributed by atoms with E-state index in [2.05, 4.69) is 4.74 Å². The number of ether oxygens (including phenoxy) is 1. The van der Waals surface area contributed by atoms with Crippen LogP contribution >= 0.6 is 22.6 Å². The molecule has 9 heteroatoms. The smallest absolute Gasteiger partial charge is 0.437 e. The Morgan fingerprint density at radius 3 is 1.82 bits per heavy atom. The third-order valence-corrected chi connectivity index (χ3v) is 4.29. The maximum absolute atomic E-state index is 12.6. The van der Waals surface area contributed by atoms with Gasteiger partial charge >= 0.3 is 23.9 Å². The van der Waals surface area contributed by atoms with Crippen molar-refractivity contribution in [2.75, 3.05) is 4.43 Å². The highest BCUT2D eigenvalue weighted by Crippen LogP contribution is 2.56. The number of rotatable bonds is 1. The van der Waals surface area contributed by atoms with Crippen LogP contribution in [0.25, 0.3) is 0 Å². The van der Waals surface area contributed by atoms with E-state index in [1.54, 1.807) is 22.6 Å². The van der Waals surface area contributed by atoms with Gasteiger partial charge < -0.3 is 4.74 Å². The molecule has 1 fully saturated rings. The molecule has 1 aliphatic rings. The van der Waals surface area contributed by atoms with Crippen LogP contribution in [-0.2, 0) is 9.53 Å². The predicted molar refractivity (Wildman–Crippen MR) is 52.5 cm³/mol. The van der Waals surface area contributed by atoms with Gasteiger partial charge in [-0.25, -0.2) is 0 Å². The molecule has 0 saturated carbocycles. The second-order valence-electron chi connectivity index (χ2n) is 4.08. The number of alkyl halides is 7. The van der Waals surface area contributed by atoms with E-state index in [1.807, 2.05) is 0 Å². The van der Waals surface area contributed by atoms with Gasteiger partial charge in [0.25, 0.3) is 0 Å². The quantitative estimate of drug-likeness (QED) is 0.304. The van der Waals surface area contributed by atoms with E-state index >= 15 is 0 Å². The van der Waals surface area contributed by atoms with E-state index in [0.29, 0.717) is 0 Å². The number of esters is 1. The summed E-state index contributed by atoms with van der Waals surface area (Å²) in [5, 5.41) is 0. The van der Waals surface area contributed by atoms with E-state index in [9.17, 15) is 31.1 Å². The molecule has 100 valence electrons. The third-order valence-electron chi connectivity index (χ3n) is 2.61. The maximum Gasteiger partial charge on any atom is 0.437 e. The first-order chi connectivity index (χ1) is 7.40. The van der Waals surface area contributed by atoms with E-state index < -0.39 is 35.8 Å². The van der Waals surface area contributed by atoms with Crippen molar-refractivity contribution in [1.82, 2.24) is 0 Å². The normalized spacial score (nSPS) is 29.3. The van der Waals surface area contributed by atoms with Crippen LogP contribution in [0.5, 0.6) is 0 Å². The molecule has 1 unspecified atom stereocenters. The molecule has 17 heavy (non-hydrogen) atoms. The molecule has 0 radical (unpaired) electrons. The molecule has 0 N–H and O–H groups in total. The molecule has 1 heterocycles. The van der Waals surface area contributed by atoms with Crippen molar-refractivity contribution in [2.45, 2.75) is 31.3 Å². The van der Waals surface area contributed by atoms with Crippen molar-refractivity contribution in [3.63, 3.8) is 0 Å². The highest BCUT2D eigenvalue weighted by Gasteiger charge is 2.79. The molecule has 1 saturated heterocycles. The lowest BCUT2D eigenvalue weighted by molar-refractivity contribution is -0.361. The summed E-state index contributed by atoms with van der Waals surface area (Å²) in [5.41, 5.74) is -6.15. The highest BCUT2D eigenvalue weighted by atomic mass is 127. The second kappa shape index (κ2) is 3.89. The minimum Gasteiger partial charge on any atom is -0.439 e. The van der Waals surface area contributed by atoms with E-state index in [0.717, 1.165) is 6.92 Å². The first-order valence-electron chi connectivity index (χ1n) is 4.32. The molecule has 1 rings (SSSR count). The molecule has 0 spiro atoms. The average Bonchev–Trinajstić information content (AvgIpc) is 2.39. The lowest BCUT2D eigenvalue weighted by atomic mass is 9.83. The van der Waals surface area contributed by atoms with Gasteiger partial charge in [-0.15, -0.1) is 0 Å². The molecule has 1 atom stereocenters. The Hall–Kier alpha value is -0.220. The number of cyclic esters (lactones) is 1. The second-order valence-corrected chi connectivity index (χ2v) is 4.85. The lowest BCUT2D eigenvalue weighted by Crippen LogP contribution is -2.56. The van der Waals surface area contributed by atoms with Gasteiger partial charge in [0.1, 0.15) is 0 Å². The summed E-state index contributed by atoms with van der Waals surface area (Å²) < 4.78 is 78.9. The summed E-state index contributed by atoms with van der Waals surface area (Å²) in [4.78, 5) is 11.2. The van der Waals surface area contributed by atoms with Crippen molar-refractivity contribution < 1.29 is 35.9 Å². The summed E-state index contributed by atoms with van der Waals surface area (Å²) >= 11 is 1.56. The van der Waals surface area contributed by atoms with Gasteiger partial charge in [-0.2, -0.15) is 26.3 Å². The fraction of sp³-hybridized carbons (Fsp3) is 0.875. The summed E-state index contributed by atoms with van der Waals surface area (Å²) in [6.07, 6.45) is -12.8. The Bertz CT molecular complexity index is 322. The molecular weight excluding hydrogens is 369 g/mol. The van der Waals surface area contributed by atoms with Crippen LogP contribution in [0.15, 0.2) is 0 Å². The monoisotopic (exact) mass is 376 g/mol. The molecule has 0 aliphatic carbocycles. The van der Waals surface area contributed by atoms with Crippen molar-refractivity contribution in [1.29, 1.82) is 0 Å². The lowest BCUT2D eigenvalue weighted by Gasteiger charge is -2.32. The molecule has 0 aromatic rings. The zero-order valence-electron chi connectivity index (χ0n) is 8.38. The number of carbonyl (C=O) groups excluding carboxylic acids is 1. The first-order valence-corrected chi connectivity index (χ1v) is 5.85. The molecule has 0 amide bonds. The van der Waals surface area contributed by atoms with Crippen molar-refractivity contribution in [3.8, 4) is 0 Å². The van der Waals surface area contributed by atoms with Crippen LogP contribution in [-0.4, -0.2) is 28.4 Å². The predicted octanol–water partition coefficient (Wildman–Crippen LogP) is 3.24. The summed E-state index contributed by atoms with van der Waals surface area (Å²) in [7, 11) is 0. The van der Waals surface area contributed by atoms with Gasteiger partial charge in [0.15, 0.2) is 0 Å². The third kappa shape index (κ3) is 2.10. The Labute approximate surface area is 106 Å². The van der Waals surface area contributed by atoms with Crippen LogP contribution in [0.4, 0.5) is 26.3 Å². The largest absolute Gasteiger partial charge is 0.439 e. The molecule has 2 nitrogen and oxygen atoms in total. The molecule has 0 aromatic carbocycles. The zero-order chi connectivity index (χ0) is 13.7. The summed E-state index contributed by atoms with van der Waals surface area (Å²) in [6, 6.07) is 0. The molecule has 0 bridgehead atoms. The van der Waals surface area contributed by atoms with Crippen molar-refractivity contribution in [2.24, 2.45) is 5.41 Å². The van der Waals surface area contributed by atoms with Crippen LogP contribution in [0.1, 0.15) is 13.3 Å². The Morgan fingerprint density at radius 1 is 1.24 bits per heavy atom. The minimum absolute atomic E-state index is 0.183. The zero-order valence-corrected chi connectivity index (χ0v) is 10.5. The number of halogens is 7. The Balaban J connectivity index is 3.29. The van der Waals surface area contributed by atoms with Crippen LogP contribution < -0.4 is 0 Å². The maximum atomic E-state index is 12.6. The van der Waals surface area contributed by atoms with Crippen LogP contribution in [0.3, 0.4) is 0 Å². The number of hydrogen-bond acceptors (Lipinski definition) is 2. The van der Waals surface area contributed by atoms with Crippen LogP contribution in [0, 0.1) is 5.41 Å². The Kier molecular flexibility index (Phi) is 3.39. The van der Waals surface area contributed by atoms with Gasteiger partial charge in [0.05, 0.1) is 5.41 Å². The van der Waals surface area contributed by atoms with Gasteiger partial charge in [-0.1, -0.05) is 22.6 Å². The summed E-state index contributed by atoms with van der Waals surface area (Å²) in [6.45, 7) is 1.03. The first kappa shape index (κ1) is 14.8. The highest BCUT2D eigenvalue weighted by molar-refractivity contribution is 14.1. The summed E-state index contributed by atoms with van der Waals surface area (Å²) in [5.74, 6) is -1.47. The van der Waals surface area contributed by atoms with E-state index in [4.69, 9.17) is 0 Å².